The molecule has 272 valence electrons. The van der Waals surface area contributed by atoms with E-state index in [0.717, 1.165) is 12.0 Å². The molecule has 3 N–H and O–H groups in total. The maximum absolute atomic E-state index is 13.7. The SMILES string of the molecule is CC(=O)O[C@]1(OC(=O)/C=C(C)/C=C/C=C(C)/C=C/C2=C(C)CCCC2(C)C)[C@@H]2[C@@H]([C@@H]3C=C(CO)C[C@]4(O)C(=O)C(C)=C[C@H]4[C@@]3(O)[C@@H]1C)C2(C)C. The summed E-state index contributed by atoms with van der Waals surface area (Å²) in [6.07, 6.45) is 18.1. The molecular weight excluding hydrogens is 632 g/mol. The lowest BCUT2D eigenvalue weighted by Crippen LogP contribution is -2.68. The maximum atomic E-state index is 13.7. The van der Waals surface area contributed by atoms with Crippen LogP contribution in [0.1, 0.15) is 94.9 Å². The highest BCUT2D eigenvalue weighted by atomic mass is 16.7. The first-order chi connectivity index (χ1) is 23.2. The summed E-state index contributed by atoms with van der Waals surface area (Å²) in [6, 6.07) is 0. The fraction of sp³-hybridized carbons (Fsp3) is 0.595. The van der Waals surface area contributed by atoms with Gasteiger partial charge >= 0.3 is 11.9 Å². The lowest BCUT2D eigenvalue weighted by Gasteiger charge is -2.54. The highest BCUT2D eigenvalue weighted by molar-refractivity contribution is 6.04. The van der Waals surface area contributed by atoms with Gasteiger partial charge in [0.15, 0.2) is 5.78 Å². The lowest BCUT2D eigenvalue weighted by atomic mass is 9.58. The number of rotatable bonds is 8. The van der Waals surface area contributed by atoms with Crippen LogP contribution < -0.4 is 0 Å². The van der Waals surface area contributed by atoms with Gasteiger partial charge in [-0.15, -0.1) is 0 Å². The van der Waals surface area contributed by atoms with Crippen LogP contribution in [0.3, 0.4) is 0 Å². The quantitative estimate of drug-likeness (QED) is 0.0836. The van der Waals surface area contributed by atoms with Crippen LogP contribution in [0.15, 0.2) is 82.0 Å². The number of fused-ring (bicyclic) bond motifs is 5. The van der Waals surface area contributed by atoms with E-state index in [0.29, 0.717) is 16.7 Å². The molecule has 0 saturated heterocycles. The van der Waals surface area contributed by atoms with Crippen molar-refractivity contribution >= 4 is 17.7 Å². The fourth-order valence-corrected chi connectivity index (χ4v) is 10.0. The molecule has 0 aliphatic heterocycles. The molecule has 0 aromatic carbocycles. The zero-order chi connectivity index (χ0) is 37.2. The summed E-state index contributed by atoms with van der Waals surface area (Å²) in [4.78, 5) is 39.9. The first-order valence-corrected chi connectivity index (χ1v) is 18.0. The van der Waals surface area contributed by atoms with Gasteiger partial charge in [0.1, 0.15) is 5.60 Å². The van der Waals surface area contributed by atoms with Gasteiger partial charge < -0.3 is 24.8 Å². The molecule has 0 radical (unpaired) electrons. The van der Waals surface area contributed by atoms with Gasteiger partial charge in [-0.1, -0.05) is 88.3 Å². The van der Waals surface area contributed by atoms with Crippen molar-refractivity contribution in [2.45, 2.75) is 112 Å². The molecule has 5 aliphatic rings. The Kier molecular flexibility index (Phi) is 9.87. The van der Waals surface area contributed by atoms with Gasteiger partial charge in [0.25, 0.3) is 5.79 Å². The molecule has 8 heteroatoms. The molecule has 0 aromatic rings. The van der Waals surface area contributed by atoms with Crippen LogP contribution in [0.4, 0.5) is 0 Å². The molecule has 8 atom stereocenters. The Balaban J connectivity index is 1.45. The third-order valence-corrected chi connectivity index (χ3v) is 12.5. The number of esters is 2. The molecule has 0 spiro atoms. The van der Waals surface area contributed by atoms with Crippen LogP contribution in [0, 0.1) is 40.4 Å². The van der Waals surface area contributed by atoms with Crippen molar-refractivity contribution in [3.8, 4) is 0 Å². The van der Waals surface area contributed by atoms with Crippen LogP contribution >= 0.6 is 0 Å². The van der Waals surface area contributed by atoms with Crippen LogP contribution in [0.2, 0.25) is 0 Å². The second-order valence-corrected chi connectivity index (χ2v) is 16.9. The van der Waals surface area contributed by atoms with E-state index in [1.165, 1.54) is 37.0 Å². The van der Waals surface area contributed by atoms with Crippen LogP contribution in [0.5, 0.6) is 0 Å². The number of hydrogen-bond acceptors (Lipinski definition) is 8. The van der Waals surface area contributed by atoms with Gasteiger partial charge in [0, 0.05) is 37.2 Å². The molecule has 0 heterocycles. The van der Waals surface area contributed by atoms with E-state index >= 15 is 0 Å². The van der Waals surface area contributed by atoms with Crippen molar-refractivity contribution in [3.63, 3.8) is 0 Å². The van der Waals surface area contributed by atoms with Gasteiger partial charge in [0.05, 0.1) is 18.1 Å². The summed E-state index contributed by atoms with van der Waals surface area (Å²) in [5, 5.41) is 35.1. The highest BCUT2D eigenvalue weighted by Crippen LogP contribution is 2.76. The van der Waals surface area contributed by atoms with E-state index in [1.54, 1.807) is 39.0 Å². The third kappa shape index (κ3) is 6.15. The number of hydrogen-bond donors (Lipinski definition) is 3. The average Bonchev–Trinajstić information content (AvgIpc) is 3.54. The van der Waals surface area contributed by atoms with E-state index < -0.39 is 63.8 Å². The largest absolute Gasteiger partial charge is 0.422 e. The maximum Gasteiger partial charge on any atom is 0.334 e. The minimum Gasteiger partial charge on any atom is -0.422 e. The van der Waals surface area contributed by atoms with E-state index in [-0.39, 0.29) is 24.4 Å². The Labute approximate surface area is 297 Å². The molecule has 5 rings (SSSR count). The smallest absolute Gasteiger partial charge is 0.334 e. The minimum atomic E-state index is -2.02. The summed E-state index contributed by atoms with van der Waals surface area (Å²) in [5.74, 6) is -7.47. The average molecular weight is 689 g/mol. The number of aliphatic hydroxyl groups excluding tert-OH is 1. The number of ketones is 1. The zero-order valence-corrected chi connectivity index (χ0v) is 31.4. The van der Waals surface area contributed by atoms with Crippen LogP contribution in [-0.4, -0.2) is 56.6 Å². The molecular formula is C42H56O8. The first kappa shape index (κ1) is 37.9. The van der Waals surface area contributed by atoms with Gasteiger partial charge in [-0.05, 0) is 86.0 Å². The van der Waals surface area contributed by atoms with Crippen molar-refractivity contribution < 1.29 is 39.2 Å². The van der Waals surface area contributed by atoms with Crippen LogP contribution in [-0.2, 0) is 23.9 Å². The molecule has 2 fully saturated rings. The lowest BCUT2D eigenvalue weighted by molar-refractivity contribution is -0.306. The Bertz CT molecular complexity index is 1680. The molecule has 0 bridgehead atoms. The third-order valence-electron chi connectivity index (χ3n) is 12.5. The molecule has 0 amide bonds. The minimum absolute atomic E-state index is 0.141. The second kappa shape index (κ2) is 13.0. The number of carbonyl (C=O) groups excluding carboxylic acids is 3. The van der Waals surface area contributed by atoms with Gasteiger partial charge in [0.2, 0.25) is 0 Å². The molecule has 2 saturated carbocycles. The fourth-order valence-electron chi connectivity index (χ4n) is 10.0. The molecule has 0 aromatic heterocycles. The van der Waals surface area contributed by atoms with Crippen molar-refractivity contribution in [3.05, 3.63) is 82.0 Å². The zero-order valence-electron chi connectivity index (χ0n) is 31.4. The summed E-state index contributed by atoms with van der Waals surface area (Å²) >= 11 is 0. The number of allylic oxidation sites excluding steroid dienone is 9. The van der Waals surface area contributed by atoms with E-state index in [4.69, 9.17) is 9.47 Å². The van der Waals surface area contributed by atoms with Crippen molar-refractivity contribution in [2.24, 2.45) is 40.4 Å². The van der Waals surface area contributed by atoms with E-state index in [9.17, 15) is 29.7 Å². The Morgan fingerprint density at radius 2 is 1.68 bits per heavy atom. The Hall–Kier alpha value is -3.33. The Morgan fingerprint density at radius 1 is 1.00 bits per heavy atom. The molecule has 50 heavy (non-hydrogen) atoms. The predicted octanol–water partition coefficient (Wildman–Crippen LogP) is 6.79. The van der Waals surface area contributed by atoms with Gasteiger partial charge in [-0.2, -0.15) is 0 Å². The van der Waals surface area contributed by atoms with Crippen LogP contribution in [0.25, 0.3) is 0 Å². The monoisotopic (exact) mass is 688 g/mol. The normalized spacial score (nSPS) is 37.9. The topological polar surface area (TPSA) is 130 Å². The van der Waals surface area contributed by atoms with Crippen molar-refractivity contribution in [1.82, 2.24) is 0 Å². The number of ether oxygens (including phenoxy) is 2. The summed E-state index contributed by atoms with van der Waals surface area (Å²) in [6.45, 7) is 18.6. The summed E-state index contributed by atoms with van der Waals surface area (Å²) in [5.41, 5.74) is 0.941. The van der Waals surface area contributed by atoms with Crippen molar-refractivity contribution in [1.29, 1.82) is 0 Å². The Morgan fingerprint density at radius 3 is 2.30 bits per heavy atom. The summed E-state index contributed by atoms with van der Waals surface area (Å²) in [7, 11) is 0. The number of aliphatic hydroxyl groups is 3. The molecule has 8 nitrogen and oxygen atoms in total. The second-order valence-electron chi connectivity index (χ2n) is 16.9. The van der Waals surface area contributed by atoms with E-state index in [2.05, 4.69) is 32.9 Å². The van der Waals surface area contributed by atoms with Crippen molar-refractivity contribution in [2.75, 3.05) is 6.61 Å². The first-order valence-electron chi connectivity index (χ1n) is 18.0. The molecule has 0 unspecified atom stereocenters. The summed E-state index contributed by atoms with van der Waals surface area (Å²) < 4.78 is 12.2. The standard InChI is InChI=1S/C42H56O8/c1-24(16-17-31-26(3)15-12-18-38(31,7)8)13-11-14-25(2)19-34(45)50-42(49-29(6)44)28(5)41(48)32(35-36(42)39(35,9)10)21-30(23-43)22-40(47)33(41)20-27(4)37(40)46/h11,13-14,16-17,19-21,28,32-33,35-36,43,47-48H,12,15,18,22-23H2,1-10H3/b14-11+,17-16+,24-13+,25-19+/t28-,32-,33+,35+,36+,40+,41+,42+/m0/s1. The molecule has 5 aliphatic carbocycles. The highest BCUT2D eigenvalue weighted by Gasteiger charge is 2.83. The van der Waals surface area contributed by atoms with Gasteiger partial charge in [-0.25, -0.2) is 4.79 Å². The van der Waals surface area contributed by atoms with Gasteiger partial charge in [-0.3, -0.25) is 9.59 Å². The number of Topliss-reactive ketones (excluding diaryl/α,β-unsaturated/α-hetero) is 1. The number of carbonyl (C=O) groups is 3. The predicted molar refractivity (Wildman–Crippen MR) is 192 cm³/mol. The van der Waals surface area contributed by atoms with E-state index in [1.807, 2.05) is 32.9 Å².